The standard InChI is InChI=1S/C16H18N2O2/c1-12-9-15(20-17-12)10-16(19)18-8-4-7-13-5-2-3-6-14(13)11-18/h2-3,5-6,9H,4,7-8,10-11H2,1H3. The highest BCUT2D eigenvalue weighted by Gasteiger charge is 2.20. The molecule has 1 aromatic heterocycles. The minimum absolute atomic E-state index is 0.109. The largest absolute Gasteiger partial charge is 0.361 e. The first-order valence-electron chi connectivity index (χ1n) is 6.99. The zero-order valence-corrected chi connectivity index (χ0v) is 11.6. The van der Waals surface area contributed by atoms with Crippen LogP contribution in [0.25, 0.3) is 0 Å². The zero-order chi connectivity index (χ0) is 13.9. The average Bonchev–Trinajstić information content (AvgIpc) is 2.74. The highest BCUT2D eigenvalue weighted by molar-refractivity contribution is 5.78. The van der Waals surface area contributed by atoms with E-state index in [1.165, 1.54) is 11.1 Å². The monoisotopic (exact) mass is 270 g/mol. The number of benzene rings is 1. The smallest absolute Gasteiger partial charge is 0.230 e. The number of hydrogen-bond donors (Lipinski definition) is 0. The van der Waals surface area contributed by atoms with Gasteiger partial charge in [0.15, 0.2) is 0 Å². The van der Waals surface area contributed by atoms with E-state index in [1.54, 1.807) is 0 Å². The van der Waals surface area contributed by atoms with Crippen molar-refractivity contribution < 1.29 is 9.32 Å². The molecule has 0 saturated carbocycles. The number of amides is 1. The lowest BCUT2D eigenvalue weighted by molar-refractivity contribution is -0.131. The molecule has 0 atom stereocenters. The summed E-state index contributed by atoms with van der Waals surface area (Å²) in [6.07, 6.45) is 2.35. The Morgan fingerprint density at radius 1 is 1.35 bits per heavy atom. The van der Waals surface area contributed by atoms with Crippen molar-refractivity contribution >= 4 is 5.91 Å². The maximum atomic E-state index is 12.4. The Labute approximate surface area is 118 Å². The quantitative estimate of drug-likeness (QED) is 0.842. The fourth-order valence-electron chi connectivity index (χ4n) is 2.67. The normalized spacial score (nSPS) is 14.8. The summed E-state index contributed by atoms with van der Waals surface area (Å²) in [4.78, 5) is 14.3. The molecular formula is C16H18N2O2. The van der Waals surface area contributed by atoms with Crippen LogP contribution in [0.2, 0.25) is 0 Å². The summed E-state index contributed by atoms with van der Waals surface area (Å²) in [5.74, 6) is 0.753. The van der Waals surface area contributed by atoms with E-state index in [2.05, 4.69) is 23.4 Å². The van der Waals surface area contributed by atoms with Crippen molar-refractivity contribution in [2.45, 2.75) is 32.7 Å². The van der Waals surface area contributed by atoms with Crippen molar-refractivity contribution in [3.8, 4) is 0 Å². The third kappa shape index (κ3) is 2.74. The number of aryl methyl sites for hydroxylation is 2. The van der Waals surface area contributed by atoms with Crippen molar-refractivity contribution in [3.63, 3.8) is 0 Å². The highest BCUT2D eigenvalue weighted by Crippen LogP contribution is 2.19. The second-order valence-electron chi connectivity index (χ2n) is 5.30. The van der Waals surface area contributed by atoms with E-state index in [-0.39, 0.29) is 5.91 Å². The van der Waals surface area contributed by atoms with E-state index in [0.29, 0.717) is 18.7 Å². The summed E-state index contributed by atoms with van der Waals surface area (Å²) in [5, 5.41) is 3.82. The Bertz CT molecular complexity index is 618. The Kier molecular flexibility index (Phi) is 3.54. The van der Waals surface area contributed by atoms with Crippen LogP contribution in [0, 0.1) is 6.92 Å². The summed E-state index contributed by atoms with van der Waals surface area (Å²) in [5.41, 5.74) is 3.43. The maximum absolute atomic E-state index is 12.4. The highest BCUT2D eigenvalue weighted by atomic mass is 16.5. The van der Waals surface area contributed by atoms with Crippen LogP contribution in [0.1, 0.15) is 29.0 Å². The van der Waals surface area contributed by atoms with Gasteiger partial charge in [0.05, 0.1) is 12.1 Å². The van der Waals surface area contributed by atoms with Crippen LogP contribution >= 0.6 is 0 Å². The van der Waals surface area contributed by atoms with E-state index in [1.807, 2.05) is 24.0 Å². The molecule has 2 heterocycles. The van der Waals surface area contributed by atoms with Gasteiger partial charge in [-0.1, -0.05) is 29.4 Å². The minimum atomic E-state index is 0.109. The molecule has 1 amide bonds. The summed E-state index contributed by atoms with van der Waals surface area (Å²) in [6.45, 7) is 3.36. The second kappa shape index (κ2) is 5.49. The van der Waals surface area contributed by atoms with Crippen molar-refractivity contribution in [1.29, 1.82) is 0 Å². The molecule has 0 spiro atoms. The van der Waals surface area contributed by atoms with Gasteiger partial charge in [-0.25, -0.2) is 0 Å². The van der Waals surface area contributed by atoms with Crippen LogP contribution < -0.4 is 0 Å². The molecule has 1 aliphatic heterocycles. The molecule has 2 aromatic rings. The van der Waals surface area contributed by atoms with E-state index in [9.17, 15) is 4.79 Å². The number of hydrogen-bond acceptors (Lipinski definition) is 3. The molecule has 0 saturated heterocycles. The molecule has 3 rings (SSSR count). The van der Waals surface area contributed by atoms with Crippen LogP contribution in [0.4, 0.5) is 0 Å². The summed E-state index contributed by atoms with van der Waals surface area (Å²) in [6, 6.07) is 10.2. The van der Waals surface area contributed by atoms with Crippen LogP contribution in [0.3, 0.4) is 0 Å². The minimum Gasteiger partial charge on any atom is -0.361 e. The van der Waals surface area contributed by atoms with Gasteiger partial charge in [-0.3, -0.25) is 4.79 Å². The predicted molar refractivity (Wildman–Crippen MR) is 75.1 cm³/mol. The molecule has 4 heteroatoms. The lowest BCUT2D eigenvalue weighted by atomic mass is 10.0. The molecule has 1 aliphatic rings. The first-order chi connectivity index (χ1) is 9.72. The lowest BCUT2D eigenvalue weighted by Gasteiger charge is -2.20. The number of carbonyl (C=O) groups excluding carboxylic acids is 1. The Hall–Kier alpha value is -2.10. The molecule has 0 aliphatic carbocycles. The molecule has 0 bridgehead atoms. The van der Waals surface area contributed by atoms with Gasteiger partial charge >= 0.3 is 0 Å². The molecule has 20 heavy (non-hydrogen) atoms. The number of aromatic nitrogens is 1. The molecule has 0 unspecified atom stereocenters. The lowest BCUT2D eigenvalue weighted by Crippen LogP contribution is -2.31. The summed E-state index contributed by atoms with van der Waals surface area (Å²) >= 11 is 0. The third-order valence-corrected chi connectivity index (χ3v) is 3.71. The third-order valence-electron chi connectivity index (χ3n) is 3.71. The van der Waals surface area contributed by atoms with Gasteiger partial charge in [0, 0.05) is 19.2 Å². The number of carbonyl (C=O) groups is 1. The maximum Gasteiger partial charge on any atom is 0.230 e. The molecule has 0 N–H and O–H groups in total. The van der Waals surface area contributed by atoms with Crippen molar-refractivity contribution in [3.05, 3.63) is 52.9 Å². The molecule has 104 valence electrons. The average molecular weight is 270 g/mol. The zero-order valence-electron chi connectivity index (χ0n) is 11.6. The van der Waals surface area contributed by atoms with E-state index >= 15 is 0 Å². The molecule has 4 nitrogen and oxygen atoms in total. The first kappa shape index (κ1) is 12.9. The van der Waals surface area contributed by atoms with E-state index in [0.717, 1.165) is 25.1 Å². The van der Waals surface area contributed by atoms with Crippen molar-refractivity contribution in [2.24, 2.45) is 0 Å². The predicted octanol–water partition coefficient (Wildman–Crippen LogP) is 2.50. The molecular weight excluding hydrogens is 252 g/mol. The van der Waals surface area contributed by atoms with Crippen LogP contribution in [0.15, 0.2) is 34.9 Å². The van der Waals surface area contributed by atoms with Gasteiger partial charge in [0.1, 0.15) is 5.76 Å². The van der Waals surface area contributed by atoms with Gasteiger partial charge in [-0.05, 0) is 30.9 Å². The second-order valence-corrected chi connectivity index (χ2v) is 5.30. The molecule has 0 radical (unpaired) electrons. The van der Waals surface area contributed by atoms with Gasteiger partial charge in [0.2, 0.25) is 5.91 Å². The van der Waals surface area contributed by atoms with Gasteiger partial charge in [0.25, 0.3) is 0 Å². The SMILES string of the molecule is Cc1cc(CC(=O)N2CCCc3ccccc3C2)on1. The fourth-order valence-corrected chi connectivity index (χ4v) is 2.67. The molecule has 1 aromatic carbocycles. The van der Waals surface area contributed by atoms with Gasteiger partial charge in [-0.15, -0.1) is 0 Å². The summed E-state index contributed by atoms with van der Waals surface area (Å²) in [7, 11) is 0. The topological polar surface area (TPSA) is 46.3 Å². The number of rotatable bonds is 2. The number of fused-ring (bicyclic) bond motifs is 1. The summed E-state index contributed by atoms with van der Waals surface area (Å²) < 4.78 is 5.13. The molecule has 0 fully saturated rings. The van der Waals surface area contributed by atoms with Gasteiger partial charge < -0.3 is 9.42 Å². The van der Waals surface area contributed by atoms with Crippen LogP contribution in [-0.4, -0.2) is 22.5 Å². The number of nitrogens with zero attached hydrogens (tertiary/aromatic N) is 2. The fraction of sp³-hybridized carbons (Fsp3) is 0.375. The van der Waals surface area contributed by atoms with Crippen LogP contribution in [0.5, 0.6) is 0 Å². The first-order valence-corrected chi connectivity index (χ1v) is 6.99. The van der Waals surface area contributed by atoms with Crippen LogP contribution in [-0.2, 0) is 24.2 Å². The van der Waals surface area contributed by atoms with Crippen molar-refractivity contribution in [2.75, 3.05) is 6.54 Å². The van der Waals surface area contributed by atoms with E-state index in [4.69, 9.17) is 4.52 Å². The van der Waals surface area contributed by atoms with E-state index < -0.39 is 0 Å². The van der Waals surface area contributed by atoms with Crippen molar-refractivity contribution in [1.82, 2.24) is 10.1 Å². The Morgan fingerprint density at radius 2 is 2.15 bits per heavy atom. The Morgan fingerprint density at radius 3 is 2.90 bits per heavy atom. The van der Waals surface area contributed by atoms with Gasteiger partial charge in [-0.2, -0.15) is 0 Å². The Balaban J connectivity index is 1.72.